The summed E-state index contributed by atoms with van der Waals surface area (Å²) in [6.07, 6.45) is 3.86. The molecule has 5 rings (SSSR count). The summed E-state index contributed by atoms with van der Waals surface area (Å²) in [6.45, 7) is 0.704. The zero-order valence-corrected chi connectivity index (χ0v) is 18.3. The van der Waals surface area contributed by atoms with Crippen LogP contribution in [-0.2, 0) is 0 Å². The lowest BCUT2D eigenvalue weighted by Crippen LogP contribution is -2.28. The summed E-state index contributed by atoms with van der Waals surface area (Å²) < 4.78 is 21.5. The second kappa shape index (κ2) is 8.89. The van der Waals surface area contributed by atoms with Crippen molar-refractivity contribution in [1.82, 2.24) is 24.0 Å². The lowest BCUT2D eigenvalue weighted by Gasteiger charge is -2.14. The molecule has 1 fully saturated rings. The summed E-state index contributed by atoms with van der Waals surface area (Å²) in [4.78, 5) is 24.1. The first-order valence-electron chi connectivity index (χ1n) is 10.9. The SMILES string of the molecule is Nc1nc(N)c2c(n1)n(C1CCN(C=CCF)C1)c(=O)n2-c1ccc(Oc2ccccc2)cc1. The monoisotopic (exact) mass is 461 g/mol. The third-order valence-electron chi connectivity index (χ3n) is 5.80. The number of hydrogen-bond donors (Lipinski definition) is 2. The van der Waals surface area contributed by atoms with Crippen LogP contribution < -0.4 is 21.9 Å². The predicted octanol–water partition coefficient (Wildman–Crippen LogP) is 3.27. The molecule has 10 heteroatoms. The van der Waals surface area contributed by atoms with E-state index in [0.717, 1.165) is 0 Å². The Hall–Kier alpha value is -4.34. The molecule has 0 spiro atoms. The van der Waals surface area contributed by atoms with E-state index in [0.29, 0.717) is 47.9 Å². The number of ether oxygens (including phenoxy) is 1. The van der Waals surface area contributed by atoms with Crippen LogP contribution in [0.2, 0.25) is 0 Å². The molecule has 0 bridgehead atoms. The van der Waals surface area contributed by atoms with Gasteiger partial charge in [0.1, 0.15) is 23.7 Å². The van der Waals surface area contributed by atoms with E-state index in [9.17, 15) is 9.18 Å². The van der Waals surface area contributed by atoms with Crippen LogP contribution in [-0.4, -0.2) is 43.8 Å². The molecular weight excluding hydrogens is 437 g/mol. The van der Waals surface area contributed by atoms with E-state index in [-0.39, 0.29) is 23.5 Å². The van der Waals surface area contributed by atoms with E-state index < -0.39 is 6.67 Å². The number of imidazole rings is 1. The Labute approximate surface area is 194 Å². The van der Waals surface area contributed by atoms with Gasteiger partial charge in [0, 0.05) is 13.1 Å². The number of nitrogen functional groups attached to an aromatic ring is 2. The maximum atomic E-state index is 13.7. The summed E-state index contributed by atoms with van der Waals surface area (Å²) in [5, 5.41) is 0. The van der Waals surface area contributed by atoms with E-state index in [4.69, 9.17) is 16.2 Å². The highest BCUT2D eigenvalue weighted by Crippen LogP contribution is 2.29. The zero-order chi connectivity index (χ0) is 23.7. The van der Waals surface area contributed by atoms with E-state index in [1.54, 1.807) is 35.0 Å². The molecule has 2 aromatic heterocycles. The molecule has 0 saturated carbocycles. The lowest BCUT2D eigenvalue weighted by atomic mass is 10.2. The van der Waals surface area contributed by atoms with Crippen LogP contribution >= 0.6 is 0 Å². The fourth-order valence-corrected chi connectivity index (χ4v) is 4.31. The number of halogens is 1. The van der Waals surface area contributed by atoms with Gasteiger partial charge in [0.2, 0.25) is 5.95 Å². The van der Waals surface area contributed by atoms with Crippen molar-refractivity contribution in [3.8, 4) is 17.2 Å². The average Bonchev–Trinajstić information content (AvgIpc) is 3.40. The number of allylic oxidation sites excluding steroid dienone is 1. The molecule has 4 aromatic rings. The highest BCUT2D eigenvalue weighted by atomic mass is 19.1. The fraction of sp³-hybridized carbons (Fsp3) is 0.208. The normalized spacial score (nSPS) is 16.0. The summed E-state index contributed by atoms with van der Waals surface area (Å²) >= 11 is 0. The molecule has 2 aromatic carbocycles. The van der Waals surface area contributed by atoms with E-state index in [1.165, 1.54) is 10.6 Å². The van der Waals surface area contributed by atoms with Crippen molar-refractivity contribution in [3.05, 3.63) is 77.4 Å². The Balaban J connectivity index is 1.56. The first-order chi connectivity index (χ1) is 16.5. The lowest BCUT2D eigenvalue weighted by molar-refractivity contribution is 0.427. The molecule has 1 aliphatic heterocycles. The van der Waals surface area contributed by atoms with Crippen LogP contribution in [0, 0.1) is 0 Å². The molecule has 1 atom stereocenters. The van der Waals surface area contributed by atoms with Gasteiger partial charge in [-0.1, -0.05) is 18.2 Å². The summed E-state index contributed by atoms with van der Waals surface area (Å²) in [5.41, 5.74) is 13.2. The van der Waals surface area contributed by atoms with Crippen LogP contribution in [0.1, 0.15) is 12.5 Å². The third-order valence-corrected chi connectivity index (χ3v) is 5.80. The smallest absolute Gasteiger partial charge is 0.335 e. The first kappa shape index (κ1) is 21.5. The van der Waals surface area contributed by atoms with Gasteiger partial charge in [-0.3, -0.25) is 9.13 Å². The van der Waals surface area contributed by atoms with Crippen molar-refractivity contribution < 1.29 is 9.13 Å². The quantitative estimate of drug-likeness (QED) is 0.453. The largest absolute Gasteiger partial charge is 0.457 e. The van der Waals surface area contributed by atoms with Gasteiger partial charge < -0.3 is 21.1 Å². The second-order valence-electron chi connectivity index (χ2n) is 8.01. The summed E-state index contributed by atoms with van der Waals surface area (Å²) in [5.74, 6) is 1.46. The highest BCUT2D eigenvalue weighted by molar-refractivity contribution is 5.85. The summed E-state index contributed by atoms with van der Waals surface area (Å²) in [7, 11) is 0. The van der Waals surface area contributed by atoms with Crippen molar-refractivity contribution in [1.29, 1.82) is 0 Å². The number of anilines is 2. The Morgan fingerprint density at radius 3 is 2.53 bits per heavy atom. The van der Waals surface area contributed by atoms with Gasteiger partial charge in [-0.15, -0.1) is 0 Å². The molecule has 34 heavy (non-hydrogen) atoms. The number of nitrogens with zero attached hydrogens (tertiary/aromatic N) is 5. The molecule has 4 N–H and O–H groups in total. The fourth-order valence-electron chi connectivity index (χ4n) is 4.31. The standard InChI is InChI=1S/C24H24FN7O2/c25-12-4-13-30-14-11-17(15-30)32-22-20(21(26)28-23(27)29-22)31(24(32)33)16-7-9-19(10-8-16)34-18-5-2-1-3-6-18/h1-10,13,17H,11-12,14-15H2,(H4,26,27,28,29). The van der Waals surface area contributed by atoms with Gasteiger partial charge in [0.15, 0.2) is 11.5 Å². The molecule has 9 nitrogen and oxygen atoms in total. The van der Waals surface area contributed by atoms with Gasteiger partial charge in [-0.25, -0.2) is 9.18 Å². The number of fused-ring (bicyclic) bond motifs is 1. The molecule has 1 aliphatic rings. The maximum Gasteiger partial charge on any atom is 0.335 e. The Kier molecular flexibility index (Phi) is 5.62. The van der Waals surface area contributed by atoms with Crippen molar-refractivity contribution in [2.45, 2.75) is 12.5 Å². The van der Waals surface area contributed by atoms with Crippen molar-refractivity contribution >= 4 is 22.9 Å². The third kappa shape index (κ3) is 3.94. The first-order valence-corrected chi connectivity index (χ1v) is 10.9. The molecule has 3 heterocycles. The highest BCUT2D eigenvalue weighted by Gasteiger charge is 2.29. The number of aromatic nitrogens is 4. The Bertz CT molecular complexity index is 1400. The van der Waals surface area contributed by atoms with Gasteiger partial charge in [-0.2, -0.15) is 9.97 Å². The molecule has 0 aliphatic carbocycles. The Morgan fingerprint density at radius 2 is 1.79 bits per heavy atom. The zero-order valence-electron chi connectivity index (χ0n) is 18.3. The molecular formula is C24H24FN7O2. The number of benzene rings is 2. The molecule has 0 amide bonds. The van der Waals surface area contributed by atoms with Crippen LogP contribution in [0.3, 0.4) is 0 Å². The molecule has 174 valence electrons. The number of para-hydroxylation sites is 1. The van der Waals surface area contributed by atoms with Crippen molar-refractivity contribution in [2.24, 2.45) is 0 Å². The number of alkyl halides is 1. The number of nitrogens with two attached hydrogens (primary N) is 2. The number of likely N-dealkylation sites (tertiary alicyclic amines) is 1. The van der Waals surface area contributed by atoms with E-state index in [2.05, 4.69) is 9.97 Å². The van der Waals surface area contributed by atoms with Crippen LogP contribution in [0.4, 0.5) is 16.2 Å². The second-order valence-corrected chi connectivity index (χ2v) is 8.01. The number of hydrogen-bond acceptors (Lipinski definition) is 7. The van der Waals surface area contributed by atoms with E-state index in [1.807, 2.05) is 35.2 Å². The van der Waals surface area contributed by atoms with Crippen molar-refractivity contribution in [2.75, 3.05) is 31.2 Å². The maximum absolute atomic E-state index is 13.7. The molecule has 0 radical (unpaired) electrons. The summed E-state index contributed by atoms with van der Waals surface area (Å²) in [6, 6.07) is 16.4. The van der Waals surface area contributed by atoms with Crippen LogP contribution in [0.5, 0.6) is 11.5 Å². The minimum atomic E-state index is -0.537. The molecule has 1 saturated heterocycles. The topological polar surface area (TPSA) is 117 Å². The van der Waals surface area contributed by atoms with Gasteiger partial charge >= 0.3 is 5.69 Å². The van der Waals surface area contributed by atoms with Gasteiger partial charge in [0.25, 0.3) is 0 Å². The number of rotatable bonds is 6. The van der Waals surface area contributed by atoms with E-state index >= 15 is 0 Å². The van der Waals surface area contributed by atoms with Crippen molar-refractivity contribution in [3.63, 3.8) is 0 Å². The average molecular weight is 462 g/mol. The molecule has 1 unspecified atom stereocenters. The van der Waals surface area contributed by atoms with Crippen LogP contribution in [0.15, 0.2) is 71.7 Å². The minimum Gasteiger partial charge on any atom is -0.457 e. The predicted molar refractivity (Wildman–Crippen MR) is 129 cm³/mol. The van der Waals surface area contributed by atoms with Gasteiger partial charge in [0.05, 0.1) is 11.7 Å². The van der Waals surface area contributed by atoms with Crippen LogP contribution in [0.25, 0.3) is 16.9 Å². The van der Waals surface area contributed by atoms with Gasteiger partial charge in [-0.05, 0) is 55.1 Å². The Morgan fingerprint density at radius 1 is 1.06 bits per heavy atom. The minimum absolute atomic E-state index is 0.00492.